The molecule has 2 atom stereocenters. The number of rotatable bonds is 5. The molecule has 0 aromatic rings. The third kappa shape index (κ3) is 3.92. The van der Waals surface area contributed by atoms with E-state index in [-0.39, 0.29) is 19.3 Å². The molecule has 1 fully saturated rings. The van der Waals surface area contributed by atoms with Crippen LogP contribution < -0.4 is 5.73 Å². The Balaban J connectivity index is 2.29. The number of aliphatic hydroxyl groups excluding tert-OH is 2. The van der Waals surface area contributed by atoms with Gasteiger partial charge >= 0.3 is 0 Å². The fraction of sp³-hybridized carbons (Fsp3) is 1.00. The van der Waals surface area contributed by atoms with E-state index in [0.29, 0.717) is 5.92 Å². The van der Waals surface area contributed by atoms with Crippen molar-refractivity contribution < 1.29 is 10.2 Å². The van der Waals surface area contributed by atoms with Gasteiger partial charge in [0.2, 0.25) is 0 Å². The van der Waals surface area contributed by atoms with Gasteiger partial charge in [0, 0.05) is 32.3 Å². The highest BCUT2D eigenvalue weighted by Crippen LogP contribution is 2.19. The summed E-state index contributed by atoms with van der Waals surface area (Å²) in [6.45, 7) is 3.12. The quantitative estimate of drug-likeness (QED) is 0.557. The van der Waals surface area contributed by atoms with Gasteiger partial charge in [-0.1, -0.05) is 0 Å². The Morgan fingerprint density at radius 1 is 1.21 bits per heavy atom. The van der Waals surface area contributed by atoms with E-state index in [2.05, 4.69) is 4.90 Å². The molecule has 1 heterocycles. The van der Waals surface area contributed by atoms with Crippen LogP contribution in [0.3, 0.4) is 0 Å². The molecule has 0 aromatic heterocycles. The van der Waals surface area contributed by atoms with Crippen molar-refractivity contribution >= 4 is 0 Å². The van der Waals surface area contributed by atoms with Crippen molar-refractivity contribution in [2.24, 2.45) is 11.7 Å². The molecule has 1 aliphatic heterocycles. The van der Waals surface area contributed by atoms with Crippen LogP contribution in [0.25, 0.3) is 0 Å². The molecule has 2 unspecified atom stereocenters. The number of aliphatic hydroxyl groups is 2. The van der Waals surface area contributed by atoms with Crippen LogP contribution in [0.4, 0.5) is 0 Å². The van der Waals surface area contributed by atoms with Gasteiger partial charge in [-0.15, -0.1) is 0 Å². The lowest BCUT2D eigenvalue weighted by Gasteiger charge is -2.36. The lowest BCUT2D eigenvalue weighted by molar-refractivity contribution is 0.119. The van der Waals surface area contributed by atoms with Crippen molar-refractivity contribution in [2.75, 3.05) is 32.8 Å². The van der Waals surface area contributed by atoms with Gasteiger partial charge in [0.25, 0.3) is 0 Å². The molecule has 84 valence electrons. The molecule has 1 saturated heterocycles. The maximum absolute atomic E-state index is 8.84. The van der Waals surface area contributed by atoms with Crippen LogP contribution >= 0.6 is 0 Å². The second kappa shape index (κ2) is 6.35. The molecule has 0 amide bonds. The summed E-state index contributed by atoms with van der Waals surface area (Å²) in [5.74, 6) is 0.595. The Labute approximate surface area is 85.7 Å². The van der Waals surface area contributed by atoms with Gasteiger partial charge in [0.1, 0.15) is 0 Å². The summed E-state index contributed by atoms with van der Waals surface area (Å²) in [4.78, 5) is 2.22. The van der Waals surface area contributed by atoms with E-state index in [9.17, 15) is 0 Å². The fourth-order valence-electron chi connectivity index (χ4n) is 2.26. The zero-order valence-electron chi connectivity index (χ0n) is 8.73. The summed E-state index contributed by atoms with van der Waals surface area (Å²) in [7, 11) is 0. The summed E-state index contributed by atoms with van der Waals surface area (Å²) in [6.07, 6.45) is 2.97. The number of likely N-dealkylation sites (tertiary alicyclic amines) is 1. The molecule has 4 N–H and O–H groups in total. The molecule has 0 radical (unpaired) electrons. The van der Waals surface area contributed by atoms with E-state index < -0.39 is 0 Å². The third-order valence-electron chi connectivity index (χ3n) is 2.83. The Morgan fingerprint density at radius 2 is 2.00 bits per heavy atom. The molecule has 14 heavy (non-hydrogen) atoms. The normalized spacial score (nSPS) is 29.4. The lowest BCUT2D eigenvalue weighted by atomic mass is 9.91. The molecule has 4 heteroatoms. The number of piperidine rings is 1. The van der Waals surface area contributed by atoms with Gasteiger partial charge in [-0.2, -0.15) is 0 Å². The molecule has 0 aliphatic carbocycles. The molecule has 0 bridgehead atoms. The monoisotopic (exact) mass is 202 g/mol. The fourth-order valence-corrected chi connectivity index (χ4v) is 2.26. The van der Waals surface area contributed by atoms with Crippen molar-refractivity contribution in [1.29, 1.82) is 0 Å². The predicted octanol–water partition coefficient (Wildman–Crippen LogP) is -0.600. The van der Waals surface area contributed by atoms with Gasteiger partial charge in [0.05, 0.1) is 6.61 Å². The van der Waals surface area contributed by atoms with E-state index in [1.165, 1.54) is 0 Å². The Hall–Kier alpha value is -0.160. The molecule has 0 aromatic carbocycles. The largest absolute Gasteiger partial charge is 0.396 e. The van der Waals surface area contributed by atoms with Crippen LogP contribution in [0.1, 0.15) is 19.3 Å². The maximum Gasteiger partial charge on any atom is 0.0558 e. The summed E-state index contributed by atoms with van der Waals surface area (Å²) in [6, 6.07) is 0.235. The third-order valence-corrected chi connectivity index (χ3v) is 2.83. The van der Waals surface area contributed by atoms with Gasteiger partial charge in [-0.05, 0) is 25.2 Å². The van der Waals surface area contributed by atoms with Crippen LogP contribution in [0.5, 0.6) is 0 Å². The minimum atomic E-state index is 0.208. The van der Waals surface area contributed by atoms with Gasteiger partial charge in [0.15, 0.2) is 0 Å². The molecule has 0 spiro atoms. The Kier molecular flexibility index (Phi) is 5.40. The minimum absolute atomic E-state index is 0.208. The molecule has 1 aliphatic rings. The van der Waals surface area contributed by atoms with Crippen molar-refractivity contribution in [3.05, 3.63) is 0 Å². The summed E-state index contributed by atoms with van der Waals surface area (Å²) in [5, 5.41) is 17.6. The van der Waals surface area contributed by atoms with Crippen LogP contribution in [0, 0.1) is 5.92 Å². The number of hydrogen-bond acceptors (Lipinski definition) is 4. The summed E-state index contributed by atoms with van der Waals surface area (Å²) in [5.41, 5.74) is 5.93. The van der Waals surface area contributed by atoms with Crippen molar-refractivity contribution in [3.63, 3.8) is 0 Å². The standard InChI is InChI=1S/C10H22N2O2/c11-10-6-9(2-1-4-13)7-12(8-10)3-5-14/h9-10,13-14H,1-8,11H2. The molecule has 0 saturated carbocycles. The molecular formula is C10H22N2O2. The van der Waals surface area contributed by atoms with Crippen LogP contribution in [-0.2, 0) is 0 Å². The van der Waals surface area contributed by atoms with Crippen LogP contribution in [0.2, 0.25) is 0 Å². The van der Waals surface area contributed by atoms with Crippen LogP contribution in [0.15, 0.2) is 0 Å². The molecule has 1 rings (SSSR count). The number of nitrogens with two attached hydrogens (primary N) is 1. The first-order valence-electron chi connectivity index (χ1n) is 5.46. The first kappa shape index (κ1) is 11.9. The van der Waals surface area contributed by atoms with E-state index in [1.54, 1.807) is 0 Å². The smallest absolute Gasteiger partial charge is 0.0558 e. The van der Waals surface area contributed by atoms with Crippen molar-refractivity contribution in [1.82, 2.24) is 4.90 Å². The van der Waals surface area contributed by atoms with E-state index in [0.717, 1.165) is 38.9 Å². The summed E-state index contributed by atoms with van der Waals surface area (Å²) < 4.78 is 0. The van der Waals surface area contributed by atoms with E-state index in [4.69, 9.17) is 15.9 Å². The van der Waals surface area contributed by atoms with Gasteiger partial charge in [-0.25, -0.2) is 0 Å². The number of β-amino-alcohol motifs (C(OH)–C–C–N with tert-alkyl or cyclic N) is 1. The Morgan fingerprint density at radius 3 is 2.64 bits per heavy atom. The molecule has 4 nitrogen and oxygen atoms in total. The minimum Gasteiger partial charge on any atom is -0.396 e. The predicted molar refractivity (Wildman–Crippen MR) is 55.9 cm³/mol. The maximum atomic E-state index is 8.84. The SMILES string of the molecule is NC1CC(CCCO)CN(CCO)C1. The zero-order chi connectivity index (χ0) is 10.4. The first-order valence-corrected chi connectivity index (χ1v) is 5.46. The van der Waals surface area contributed by atoms with Gasteiger partial charge < -0.3 is 15.9 Å². The van der Waals surface area contributed by atoms with Crippen molar-refractivity contribution in [3.8, 4) is 0 Å². The van der Waals surface area contributed by atoms with Gasteiger partial charge in [-0.3, -0.25) is 4.90 Å². The Bertz CT molecular complexity index is 155. The highest BCUT2D eigenvalue weighted by molar-refractivity contribution is 4.81. The lowest BCUT2D eigenvalue weighted by Crippen LogP contribution is -2.47. The summed E-state index contributed by atoms with van der Waals surface area (Å²) >= 11 is 0. The molecular weight excluding hydrogens is 180 g/mol. The van der Waals surface area contributed by atoms with E-state index >= 15 is 0 Å². The topological polar surface area (TPSA) is 69.7 Å². The van der Waals surface area contributed by atoms with E-state index in [1.807, 2.05) is 0 Å². The van der Waals surface area contributed by atoms with Crippen LogP contribution in [-0.4, -0.2) is 54.0 Å². The average molecular weight is 202 g/mol. The second-order valence-electron chi connectivity index (χ2n) is 4.21. The average Bonchev–Trinajstić information content (AvgIpc) is 2.14. The zero-order valence-corrected chi connectivity index (χ0v) is 8.73. The first-order chi connectivity index (χ1) is 6.76. The number of hydrogen-bond donors (Lipinski definition) is 3. The highest BCUT2D eigenvalue weighted by atomic mass is 16.3. The highest BCUT2D eigenvalue weighted by Gasteiger charge is 2.23. The second-order valence-corrected chi connectivity index (χ2v) is 4.21. The number of nitrogens with zero attached hydrogens (tertiary/aromatic N) is 1. The van der Waals surface area contributed by atoms with Crippen molar-refractivity contribution in [2.45, 2.75) is 25.3 Å².